The molecule has 0 aliphatic rings. The molecule has 2 nitrogen and oxygen atoms in total. The topological polar surface area (TPSA) is 6.48 Å². The lowest BCUT2D eigenvalue weighted by Gasteiger charge is -2.31. The van der Waals surface area contributed by atoms with E-state index in [4.69, 9.17) is 0 Å². The molecule has 0 heterocycles. The van der Waals surface area contributed by atoms with Crippen molar-refractivity contribution in [2.24, 2.45) is 0 Å². The molecule has 0 saturated carbocycles. The normalized spacial score (nSPS) is 11.2. The van der Waals surface area contributed by atoms with Gasteiger partial charge in [0.2, 0.25) is 0 Å². The molecule has 0 aliphatic carbocycles. The highest BCUT2D eigenvalue weighted by molar-refractivity contribution is 5.84. The molecule has 48 heavy (non-hydrogen) atoms. The smallest absolute Gasteiger partial charge is 0.0482 e. The summed E-state index contributed by atoms with van der Waals surface area (Å²) in [5.74, 6) is 0. The van der Waals surface area contributed by atoms with E-state index in [-0.39, 0.29) is 0 Å². The minimum Gasteiger partial charge on any atom is -0.310 e. The zero-order chi connectivity index (χ0) is 34.2. The van der Waals surface area contributed by atoms with Crippen molar-refractivity contribution >= 4 is 34.1 Å². The van der Waals surface area contributed by atoms with Gasteiger partial charge in [-0.2, -0.15) is 0 Å². The fourth-order valence-corrected chi connectivity index (χ4v) is 6.79. The number of anilines is 6. The van der Waals surface area contributed by atoms with Gasteiger partial charge in [0.15, 0.2) is 0 Å². The Kier molecular flexibility index (Phi) is 11.8. The summed E-state index contributed by atoms with van der Waals surface area (Å²) in [6.45, 7) is 18.1. The Balaban J connectivity index is 1.79. The van der Waals surface area contributed by atoms with Crippen molar-refractivity contribution in [2.75, 3.05) is 9.80 Å². The van der Waals surface area contributed by atoms with Crippen LogP contribution in [-0.4, -0.2) is 0 Å². The predicted octanol–water partition coefficient (Wildman–Crippen LogP) is 13.1. The second kappa shape index (κ2) is 16.2. The van der Waals surface area contributed by atoms with Crippen LogP contribution < -0.4 is 9.80 Å². The number of aryl methyl sites for hydroxylation is 8. The van der Waals surface area contributed by atoms with Crippen LogP contribution in [-0.2, 0) is 51.4 Å². The highest BCUT2D eigenvalue weighted by Crippen LogP contribution is 2.42. The maximum absolute atomic E-state index is 2.50. The van der Waals surface area contributed by atoms with Gasteiger partial charge in [0.25, 0.3) is 0 Å². The SMILES string of the molecule is CCc1cc(CC)cc(N(c2cc(CC)cc(CC)c2)c2cccc(N(c3cc(CC)cc(CC)c3)c3cc(CC)cc(CC)c3)c2)c1. The molecule has 0 amide bonds. The summed E-state index contributed by atoms with van der Waals surface area (Å²) < 4.78 is 0. The van der Waals surface area contributed by atoms with Gasteiger partial charge in [-0.1, -0.05) is 85.7 Å². The molecule has 0 saturated heterocycles. The van der Waals surface area contributed by atoms with E-state index in [1.54, 1.807) is 0 Å². The highest BCUT2D eigenvalue weighted by atomic mass is 15.2. The van der Waals surface area contributed by atoms with E-state index in [1.165, 1.54) is 78.6 Å². The molecule has 250 valence electrons. The van der Waals surface area contributed by atoms with Crippen molar-refractivity contribution in [3.05, 3.63) is 142 Å². The quantitative estimate of drug-likeness (QED) is 0.120. The van der Waals surface area contributed by atoms with Crippen LogP contribution in [0, 0.1) is 0 Å². The lowest BCUT2D eigenvalue weighted by Crippen LogP contribution is -2.15. The van der Waals surface area contributed by atoms with Gasteiger partial charge in [0, 0.05) is 34.1 Å². The third-order valence-electron chi connectivity index (χ3n) is 9.79. The molecule has 5 rings (SSSR count). The van der Waals surface area contributed by atoms with Gasteiger partial charge < -0.3 is 9.80 Å². The molecule has 0 bridgehead atoms. The first kappa shape index (κ1) is 35.0. The van der Waals surface area contributed by atoms with Gasteiger partial charge in [-0.15, -0.1) is 0 Å². The van der Waals surface area contributed by atoms with E-state index >= 15 is 0 Å². The van der Waals surface area contributed by atoms with Crippen LogP contribution in [0.1, 0.15) is 99.9 Å². The third-order valence-corrected chi connectivity index (χ3v) is 9.79. The average Bonchev–Trinajstić information content (AvgIpc) is 3.14. The van der Waals surface area contributed by atoms with Crippen molar-refractivity contribution in [1.82, 2.24) is 0 Å². The third kappa shape index (κ3) is 7.87. The van der Waals surface area contributed by atoms with Crippen LogP contribution in [0.5, 0.6) is 0 Å². The van der Waals surface area contributed by atoms with Gasteiger partial charge in [0.1, 0.15) is 0 Å². The summed E-state index contributed by atoms with van der Waals surface area (Å²) in [6.07, 6.45) is 8.10. The Morgan fingerprint density at radius 2 is 0.479 bits per heavy atom. The van der Waals surface area contributed by atoms with Crippen molar-refractivity contribution in [3.8, 4) is 0 Å². The Bertz CT molecular complexity index is 1500. The monoisotopic (exact) mass is 636 g/mol. The predicted molar refractivity (Wildman–Crippen MR) is 211 cm³/mol. The fraction of sp³-hybridized carbons (Fsp3) is 0.348. The lowest BCUT2D eigenvalue weighted by atomic mass is 10.0. The summed E-state index contributed by atoms with van der Waals surface area (Å²) in [6, 6.07) is 37.9. The molecule has 0 N–H and O–H groups in total. The maximum Gasteiger partial charge on any atom is 0.0482 e. The van der Waals surface area contributed by atoms with Crippen molar-refractivity contribution < 1.29 is 0 Å². The standard InChI is InChI=1S/C46H56N2/c1-9-33-20-34(10-2)25-43(24-33)47(44-26-35(11-3)21-36(12-4)27-44)41-18-17-19-42(32-41)48(45-28-37(13-5)22-38(14-6)29-45)46-30-39(15-7)23-40(16-8)31-46/h17-32H,9-16H2,1-8H3. The van der Waals surface area contributed by atoms with Gasteiger partial charge >= 0.3 is 0 Å². The lowest BCUT2D eigenvalue weighted by molar-refractivity contribution is 1.06. The van der Waals surface area contributed by atoms with Gasteiger partial charge in [-0.3, -0.25) is 0 Å². The minimum atomic E-state index is 1.01. The zero-order valence-corrected chi connectivity index (χ0v) is 30.8. The molecule has 2 heteroatoms. The molecule has 5 aromatic rings. The summed E-state index contributed by atoms with van der Waals surface area (Å²) >= 11 is 0. The second-order valence-corrected chi connectivity index (χ2v) is 13.0. The van der Waals surface area contributed by atoms with Crippen molar-refractivity contribution in [3.63, 3.8) is 0 Å². The molecular weight excluding hydrogens is 581 g/mol. The number of hydrogen-bond donors (Lipinski definition) is 0. The van der Waals surface area contributed by atoms with Crippen molar-refractivity contribution in [1.29, 1.82) is 0 Å². The first-order valence-corrected chi connectivity index (χ1v) is 18.6. The molecule has 0 aromatic heterocycles. The van der Waals surface area contributed by atoms with Crippen LogP contribution in [0.25, 0.3) is 0 Å². The van der Waals surface area contributed by atoms with E-state index in [0.717, 1.165) is 51.4 Å². The number of hydrogen-bond acceptors (Lipinski definition) is 2. The molecule has 0 spiro atoms. The molecule has 0 fully saturated rings. The van der Waals surface area contributed by atoms with Crippen LogP contribution in [0.3, 0.4) is 0 Å². The summed E-state index contributed by atoms with van der Waals surface area (Å²) in [5.41, 5.74) is 18.3. The minimum absolute atomic E-state index is 1.01. The molecule has 5 aromatic carbocycles. The van der Waals surface area contributed by atoms with Gasteiger partial charge in [0.05, 0.1) is 0 Å². The molecule has 0 aliphatic heterocycles. The Hall–Kier alpha value is -4.30. The van der Waals surface area contributed by atoms with Gasteiger partial charge in [-0.25, -0.2) is 0 Å². The number of benzene rings is 5. The van der Waals surface area contributed by atoms with E-state index in [2.05, 4.69) is 162 Å². The first-order valence-electron chi connectivity index (χ1n) is 18.6. The van der Waals surface area contributed by atoms with Crippen LogP contribution in [0.2, 0.25) is 0 Å². The van der Waals surface area contributed by atoms with Gasteiger partial charge in [-0.05, 0) is 163 Å². The van der Waals surface area contributed by atoms with Crippen LogP contribution >= 0.6 is 0 Å². The molecule has 0 atom stereocenters. The second-order valence-electron chi connectivity index (χ2n) is 13.0. The Labute approximate surface area is 291 Å². The average molecular weight is 637 g/mol. The summed E-state index contributed by atoms with van der Waals surface area (Å²) in [7, 11) is 0. The molecule has 0 radical (unpaired) electrons. The Morgan fingerprint density at radius 1 is 0.271 bits per heavy atom. The van der Waals surface area contributed by atoms with Crippen LogP contribution in [0.15, 0.2) is 97.1 Å². The maximum atomic E-state index is 2.50. The summed E-state index contributed by atoms with van der Waals surface area (Å²) in [4.78, 5) is 5.00. The summed E-state index contributed by atoms with van der Waals surface area (Å²) in [5, 5.41) is 0. The van der Waals surface area contributed by atoms with E-state index in [9.17, 15) is 0 Å². The van der Waals surface area contributed by atoms with Crippen molar-refractivity contribution in [2.45, 2.75) is 107 Å². The van der Waals surface area contributed by atoms with E-state index in [0.29, 0.717) is 0 Å². The first-order chi connectivity index (χ1) is 23.4. The number of nitrogens with zero attached hydrogens (tertiary/aromatic N) is 2. The van der Waals surface area contributed by atoms with E-state index < -0.39 is 0 Å². The molecule has 0 unspecified atom stereocenters. The number of rotatable bonds is 14. The highest BCUT2D eigenvalue weighted by Gasteiger charge is 2.20. The van der Waals surface area contributed by atoms with E-state index in [1.807, 2.05) is 0 Å². The fourth-order valence-electron chi connectivity index (χ4n) is 6.79. The van der Waals surface area contributed by atoms with Crippen LogP contribution in [0.4, 0.5) is 34.1 Å². The Morgan fingerprint density at radius 3 is 0.667 bits per heavy atom. The largest absolute Gasteiger partial charge is 0.310 e. The zero-order valence-electron chi connectivity index (χ0n) is 30.8. The molecular formula is C46H56N2.